The summed E-state index contributed by atoms with van der Waals surface area (Å²) in [5, 5.41) is 130. The van der Waals surface area contributed by atoms with Crippen molar-refractivity contribution >= 4 is 282 Å². The highest BCUT2D eigenvalue weighted by Gasteiger charge is 2.83. The zero-order valence-corrected chi connectivity index (χ0v) is 69.9. The highest BCUT2D eigenvalue weighted by Crippen LogP contribution is 2.93. The third-order valence-electron chi connectivity index (χ3n) is 37.2. The zero-order chi connectivity index (χ0) is 75.2. The number of phenolic OH excluding ortho intramolecular Hbond substituents is 5. The SMILES string of the molecule is C[Si](C)(CC12C3=C4C5C6=C3C3(C[Si](C)(C)c7ccc(O)cc7)c7c1c1c8c2c2c9c%10c(c%11c%12c%13c(c%14c%15c%16c(c3c3c7c7c1c1c%17c8c9c8c9c%10c%12c%10c%12c%13c%15c%13c%15c%16c3c3c7c1c1c(c%178)c(c9%10)c(c%13%12)c1c3%15)C6%14C[Si](C)(C)c1ccc(O)cc1)C%115C[Si](C)(C)c1ccc(O)cc1)C42C[Si](C)(C)c1ccc(O)cc1)c1ccc(O)cc1. The molecule has 10 heteroatoms. The van der Waals surface area contributed by atoms with E-state index in [-0.39, 0.29) is 5.92 Å². The van der Waals surface area contributed by atoms with Gasteiger partial charge in [-0.05, 0) is 384 Å². The Bertz CT molecular complexity index is 8990. The third kappa shape index (κ3) is 4.41. The first-order valence-corrected chi connectivity index (χ1v) is 58.7. The summed E-state index contributed by atoms with van der Waals surface area (Å²) < 4.78 is 0. The van der Waals surface area contributed by atoms with Crippen molar-refractivity contribution in [1.82, 2.24) is 0 Å². The van der Waals surface area contributed by atoms with Crippen molar-refractivity contribution in [2.75, 3.05) is 0 Å². The molecule has 37 rings (SSSR count). The molecule has 26 aromatic rings. The number of allylic oxidation sites excluding steroid dienone is 4. The Morgan fingerprint density at radius 3 is 0.539 bits per heavy atom. The Hall–Kier alpha value is -10.8. The predicted octanol–water partition coefficient (Wildman–Crippen LogP) is 22.5. The predicted molar refractivity (Wildman–Crippen MR) is 490 cm³/mol. The molecule has 0 bridgehead atoms. The number of phenols is 5. The lowest BCUT2D eigenvalue weighted by Crippen LogP contribution is -2.62. The van der Waals surface area contributed by atoms with Gasteiger partial charge >= 0.3 is 0 Å². The van der Waals surface area contributed by atoms with E-state index in [0.717, 1.165) is 30.2 Å². The van der Waals surface area contributed by atoms with Crippen LogP contribution >= 0.6 is 0 Å². The van der Waals surface area contributed by atoms with Crippen LogP contribution in [0.4, 0.5) is 0 Å². The van der Waals surface area contributed by atoms with Crippen molar-refractivity contribution in [2.24, 2.45) is 5.92 Å². The van der Waals surface area contributed by atoms with E-state index in [1.54, 1.807) is 282 Å². The molecule has 0 spiro atoms. The van der Waals surface area contributed by atoms with Gasteiger partial charge in [0, 0.05) is 33.0 Å². The van der Waals surface area contributed by atoms with Crippen LogP contribution < -0.4 is 25.9 Å². The molecular formula is C105H66O5Si5. The lowest BCUT2D eigenvalue weighted by Gasteiger charge is -2.62. The smallest absolute Gasteiger partial charge is 0.115 e. The Labute approximate surface area is 659 Å². The van der Waals surface area contributed by atoms with Crippen molar-refractivity contribution in [3.05, 3.63) is 199 Å². The molecule has 0 radical (unpaired) electrons. The minimum atomic E-state index is -2.80. The molecule has 11 aliphatic rings. The summed E-state index contributed by atoms with van der Waals surface area (Å²) in [7, 11) is -14.0. The third-order valence-corrected chi connectivity index (χ3v) is 53.8. The van der Waals surface area contributed by atoms with Gasteiger partial charge in [0.2, 0.25) is 0 Å². The molecule has 0 amide bonds. The van der Waals surface area contributed by atoms with Crippen molar-refractivity contribution < 1.29 is 25.5 Å². The number of benzene rings is 20. The van der Waals surface area contributed by atoms with Gasteiger partial charge in [0.05, 0.1) is 40.4 Å². The molecule has 115 heavy (non-hydrogen) atoms. The summed E-state index contributed by atoms with van der Waals surface area (Å²) in [5.74, 6) is 1.61. The molecular weight excluding hydrogens is 1480 g/mol. The lowest BCUT2D eigenvalue weighted by atomic mass is 9.43. The minimum absolute atomic E-state index is 0.0446. The molecule has 4 atom stereocenters. The van der Waals surface area contributed by atoms with Gasteiger partial charge in [0.15, 0.2) is 0 Å². The fraction of sp³-hybridized carbons (Fsp3) is 0.200. The topological polar surface area (TPSA) is 101 Å². The van der Waals surface area contributed by atoms with E-state index >= 15 is 0 Å². The Kier molecular flexibility index (Phi) is 7.40. The van der Waals surface area contributed by atoms with Gasteiger partial charge in [0.25, 0.3) is 0 Å². The fourth-order valence-corrected chi connectivity index (χ4v) is 51.1. The minimum Gasteiger partial charge on any atom is -0.508 e. The van der Waals surface area contributed by atoms with Crippen LogP contribution in [0.15, 0.2) is 144 Å². The molecule has 536 valence electrons. The Morgan fingerprint density at radius 1 is 0.191 bits per heavy atom. The quantitative estimate of drug-likeness (QED) is 0.0520. The van der Waals surface area contributed by atoms with E-state index in [1.165, 1.54) is 25.9 Å². The molecule has 0 fully saturated rings. The number of hydrogen-bond donors (Lipinski definition) is 5. The van der Waals surface area contributed by atoms with E-state index in [9.17, 15) is 25.5 Å². The molecule has 0 aromatic heterocycles. The van der Waals surface area contributed by atoms with Crippen LogP contribution in [0.25, 0.3) is 215 Å². The first-order valence-electron chi connectivity index (χ1n) is 42.6. The van der Waals surface area contributed by atoms with Crippen LogP contribution in [-0.4, -0.2) is 65.9 Å². The van der Waals surface area contributed by atoms with Crippen LogP contribution in [-0.2, 0) is 27.1 Å². The number of rotatable bonds is 15. The second-order valence-electron chi connectivity index (χ2n) is 43.4. The molecule has 4 unspecified atom stereocenters. The second-order valence-corrected chi connectivity index (χ2v) is 66.9. The largest absolute Gasteiger partial charge is 0.508 e. The highest BCUT2D eigenvalue weighted by atomic mass is 28.3. The number of hydrogen-bond acceptors (Lipinski definition) is 5. The van der Waals surface area contributed by atoms with E-state index in [1.807, 2.05) is 71.8 Å². The fourth-order valence-electron chi connectivity index (χ4n) is 35.3. The van der Waals surface area contributed by atoms with Crippen LogP contribution in [0.2, 0.25) is 95.7 Å². The maximum absolute atomic E-state index is 11.6. The van der Waals surface area contributed by atoms with Gasteiger partial charge in [-0.15, -0.1) is 0 Å². The van der Waals surface area contributed by atoms with Gasteiger partial charge in [-0.1, -0.05) is 152 Å². The lowest BCUT2D eigenvalue weighted by molar-refractivity contribution is 0.328. The summed E-state index contributed by atoms with van der Waals surface area (Å²) in [6.07, 6.45) is 0. The molecule has 0 saturated carbocycles. The van der Waals surface area contributed by atoms with Crippen LogP contribution in [0.5, 0.6) is 28.7 Å². The van der Waals surface area contributed by atoms with E-state index in [0.29, 0.717) is 28.7 Å². The summed E-state index contributed by atoms with van der Waals surface area (Å²) in [6.45, 7) is 27.7. The van der Waals surface area contributed by atoms with Gasteiger partial charge in [-0.2, -0.15) is 0 Å². The van der Waals surface area contributed by atoms with Crippen LogP contribution in [0.3, 0.4) is 0 Å². The van der Waals surface area contributed by atoms with Gasteiger partial charge in [-0.3, -0.25) is 0 Å². The van der Waals surface area contributed by atoms with E-state index in [4.69, 9.17) is 0 Å². The van der Waals surface area contributed by atoms with Gasteiger partial charge in [-0.25, -0.2) is 0 Å². The van der Waals surface area contributed by atoms with E-state index < -0.39 is 67.4 Å². The van der Waals surface area contributed by atoms with Gasteiger partial charge < -0.3 is 25.5 Å². The monoisotopic (exact) mass is 1550 g/mol. The number of aromatic hydroxyl groups is 5. The average Bonchev–Trinajstić information content (AvgIpc) is 1.37. The van der Waals surface area contributed by atoms with Crippen LogP contribution in [0, 0.1) is 5.92 Å². The van der Waals surface area contributed by atoms with Crippen LogP contribution in [0.1, 0.15) is 55.6 Å². The van der Waals surface area contributed by atoms with Crippen molar-refractivity contribution in [2.45, 2.75) is 123 Å². The molecule has 5 nitrogen and oxygen atoms in total. The Morgan fingerprint density at radius 2 is 0.339 bits per heavy atom. The van der Waals surface area contributed by atoms with Crippen molar-refractivity contribution in [3.8, 4) is 28.7 Å². The molecule has 0 aliphatic heterocycles. The average molecular weight is 1550 g/mol. The summed E-state index contributed by atoms with van der Waals surface area (Å²) in [5.41, 5.74) is 21.4. The highest BCUT2D eigenvalue weighted by molar-refractivity contribution is 6.93. The second kappa shape index (κ2) is 14.9. The van der Waals surface area contributed by atoms with Crippen molar-refractivity contribution in [3.63, 3.8) is 0 Å². The molecule has 5 N–H and O–H groups in total. The molecule has 26 aromatic carbocycles. The van der Waals surface area contributed by atoms with Gasteiger partial charge in [0.1, 0.15) is 28.7 Å². The molecule has 0 saturated heterocycles. The molecule has 11 aliphatic carbocycles. The first kappa shape index (κ1) is 57.2. The Balaban J connectivity index is 0.904. The normalized spacial score (nSPS) is 24.3. The summed E-state index contributed by atoms with van der Waals surface area (Å²) in [6, 6.07) is 48.9. The summed E-state index contributed by atoms with van der Waals surface area (Å²) in [4.78, 5) is 0. The van der Waals surface area contributed by atoms with E-state index in [2.05, 4.69) is 126 Å². The maximum atomic E-state index is 11.6. The zero-order valence-electron chi connectivity index (χ0n) is 64.9. The first-order chi connectivity index (χ1) is 55.4. The maximum Gasteiger partial charge on any atom is 0.115 e. The standard InChI is InChI=1S/C105H66O5Si5/c1-111(2,41-21-11-36(106)12-22-41)31-101-86-76-66-56-51-46-47-49-50-48(46)53-60-58(51)68(66)78-80-70(60)72-62(53)64-55(50)65-63-54(49)61-59-52(47)57(56)67-69(59)79-81-71(61)73(63)83-85-75(65)74(64)84-82(72)92-90(80)102(88(78)86,32-112(3,4)42-23-13-37(107)14-24-42)97-96(101)98-100-99(97)104(92,34-114(7,8)44-27-17-39(109)18-28-44)94(84)95(85)105(100,35-115(9,10)45-29-19-40(110)20-30-45)93(83)91(81)103(98,89(79)87(101)77(67)76)33-113(5,6)43-25-15-38(108)16-26-43/h11-30,96,106-110H,31-35H2,1-10H3. The summed E-state index contributed by atoms with van der Waals surface area (Å²) >= 11 is 0. The van der Waals surface area contributed by atoms with Crippen molar-refractivity contribution in [1.29, 1.82) is 0 Å². The molecule has 0 heterocycles.